The number of thiophene rings is 1. The monoisotopic (exact) mass is 291 g/mol. The van der Waals surface area contributed by atoms with E-state index in [1.54, 1.807) is 29.9 Å². The molecule has 2 aromatic rings. The third kappa shape index (κ3) is 3.85. The molecule has 5 nitrogen and oxygen atoms in total. The summed E-state index contributed by atoms with van der Waals surface area (Å²) >= 11 is 1.61. The fraction of sp³-hybridized carbons (Fsp3) is 0.357. The molecule has 2 atom stereocenters. The van der Waals surface area contributed by atoms with Crippen molar-refractivity contribution in [2.75, 3.05) is 7.11 Å². The van der Waals surface area contributed by atoms with Gasteiger partial charge in [-0.1, -0.05) is 6.07 Å². The molecule has 0 spiro atoms. The zero-order chi connectivity index (χ0) is 14.4. The summed E-state index contributed by atoms with van der Waals surface area (Å²) in [5.74, 6) is -0.234. The molecule has 0 aliphatic carbocycles. The van der Waals surface area contributed by atoms with Crippen LogP contribution in [0.25, 0.3) is 0 Å². The number of carbonyl (C=O) groups is 1. The molecule has 0 bridgehead atoms. The quantitative estimate of drug-likeness (QED) is 0.828. The van der Waals surface area contributed by atoms with Gasteiger partial charge in [-0.15, -0.1) is 11.3 Å². The molecule has 2 unspecified atom stereocenters. The number of hydrogen-bond acceptors (Lipinski definition) is 6. The minimum absolute atomic E-state index is 0.000422. The number of rotatable bonds is 6. The topological polar surface area (TPSA) is 64.1 Å². The van der Waals surface area contributed by atoms with E-state index in [0.29, 0.717) is 6.42 Å². The lowest BCUT2D eigenvalue weighted by molar-refractivity contribution is -0.141. The average Bonchev–Trinajstić information content (AvgIpc) is 3.01. The summed E-state index contributed by atoms with van der Waals surface area (Å²) in [5.41, 5.74) is 0.846. The first-order valence-electron chi connectivity index (χ1n) is 6.33. The molecule has 0 fully saturated rings. The minimum Gasteiger partial charge on any atom is -0.469 e. The normalized spacial score (nSPS) is 13.7. The van der Waals surface area contributed by atoms with Crippen LogP contribution in [0.4, 0.5) is 0 Å². The van der Waals surface area contributed by atoms with E-state index in [4.69, 9.17) is 4.74 Å². The Bertz CT molecular complexity index is 531. The molecule has 0 radical (unpaired) electrons. The van der Waals surface area contributed by atoms with Crippen molar-refractivity contribution in [3.05, 3.63) is 46.7 Å². The summed E-state index contributed by atoms with van der Waals surface area (Å²) in [5, 5.41) is 5.40. The van der Waals surface area contributed by atoms with Crippen molar-refractivity contribution in [3.63, 3.8) is 0 Å². The Labute approximate surface area is 122 Å². The highest BCUT2D eigenvalue weighted by Crippen LogP contribution is 2.25. The number of nitrogens with zero attached hydrogens (tertiary/aromatic N) is 2. The first kappa shape index (κ1) is 14.6. The van der Waals surface area contributed by atoms with Crippen LogP contribution in [0.1, 0.15) is 36.0 Å². The predicted octanol–water partition coefficient (Wildman–Crippen LogP) is 2.49. The molecule has 0 saturated heterocycles. The van der Waals surface area contributed by atoms with Crippen LogP contribution in [0.3, 0.4) is 0 Å². The number of aromatic nitrogens is 2. The van der Waals surface area contributed by atoms with E-state index in [0.717, 1.165) is 10.6 Å². The van der Waals surface area contributed by atoms with Gasteiger partial charge in [-0.05, 0) is 18.4 Å². The van der Waals surface area contributed by atoms with Gasteiger partial charge in [-0.3, -0.25) is 14.8 Å². The lowest BCUT2D eigenvalue weighted by Gasteiger charge is -2.21. The van der Waals surface area contributed by atoms with Crippen LogP contribution in [0.5, 0.6) is 0 Å². The fourth-order valence-electron chi connectivity index (χ4n) is 1.90. The molecular formula is C14H17N3O2S. The first-order valence-corrected chi connectivity index (χ1v) is 7.21. The Morgan fingerprint density at radius 2 is 2.35 bits per heavy atom. The number of ether oxygens (including phenoxy) is 1. The zero-order valence-electron chi connectivity index (χ0n) is 11.4. The lowest BCUT2D eigenvalue weighted by atomic mass is 10.1. The molecule has 0 aliphatic rings. The van der Waals surface area contributed by atoms with E-state index >= 15 is 0 Å². The second kappa shape index (κ2) is 7.12. The van der Waals surface area contributed by atoms with Gasteiger partial charge in [-0.25, -0.2) is 0 Å². The van der Waals surface area contributed by atoms with Crippen LogP contribution in [-0.2, 0) is 9.53 Å². The average molecular weight is 291 g/mol. The molecular weight excluding hydrogens is 274 g/mol. The highest BCUT2D eigenvalue weighted by molar-refractivity contribution is 7.10. The Morgan fingerprint density at radius 1 is 1.50 bits per heavy atom. The maximum Gasteiger partial charge on any atom is 0.307 e. The maximum atomic E-state index is 11.5. The van der Waals surface area contributed by atoms with E-state index in [1.807, 2.05) is 24.4 Å². The molecule has 0 saturated carbocycles. The highest BCUT2D eigenvalue weighted by Gasteiger charge is 2.20. The Hall–Kier alpha value is -1.79. The zero-order valence-corrected chi connectivity index (χ0v) is 12.3. The van der Waals surface area contributed by atoms with E-state index in [9.17, 15) is 4.79 Å². The summed E-state index contributed by atoms with van der Waals surface area (Å²) in [7, 11) is 1.40. The van der Waals surface area contributed by atoms with Crippen LogP contribution in [-0.4, -0.2) is 23.0 Å². The molecule has 0 amide bonds. The van der Waals surface area contributed by atoms with Crippen molar-refractivity contribution in [1.29, 1.82) is 0 Å². The van der Waals surface area contributed by atoms with Gasteiger partial charge in [0, 0.05) is 29.5 Å². The predicted molar refractivity (Wildman–Crippen MR) is 77.3 cm³/mol. The third-order valence-corrected chi connectivity index (χ3v) is 3.95. The summed E-state index contributed by atoms with van der Waals surface area (Å²) in [4.78, 5) is 21.0. The van der Waals surface area contributed by atoms with Crippen molar-refractivity contribution < 1.29 is 9.53 Å². The maximum absolute atomic E-state index is 11.5. The summed E-state index contributed by atoms with van der Waals surface area (Å²) in [6.45, 7) is 2.00. The molecule has 2 heterocycles. The number of carbonyl (C=O) groups excluding carboxylic acids is 1. The Balaban J connectivity index is 2.09. The SMILES string of the molecule is COC(=O)CC(NC(C)c1cnccn1)c1cccs1. The highest BCUT2D eigenvalue weighted by atomic mass is 32.1. The molecule has 106 valence electrons. The van der Waals surface area contributed by atoms with Gasteiger partial charge in [0.25, 0.3) is 0 Å². The second-order valence-corrected chi connectivity index (χ2v) is 5.35. The van der Waals surface area contributed by atoms with Gasteiger partial charge in [0.2, 0.25) is 0 Å². The molecule has 0 aromatic carbocycles. The largest absolute Gasteiger partial charge is 0.469 e. The minimum atomic E-state index is -0.234. The molecule has 2 rings (SSSR count). The van der Waals surface area contributed by atoms with Crippen LogP contribution in [0.15, 0.2) is 36.1 Å². The van der Waals surface area contributed by atoms with Gasteiger partial charge in [0.05, 0.1) is 25.3 Å². The summed E-state index contributed by atoms with van der Waals surface area (Å²) < 4.78 is 4.76. The third-order valence-electron chi connectivity index (χ3n) is 2.96. The standard InChI is InChI=1S/C14H17N3O2S/c1-10(12-9-15-5-6-16-12)17-11(8-14(18)19-2)13-4-3-7-20-13/h3-7,9-11,17H,8H2,1-2H3. The number of hydrogen-bond donors (Lipinski definition) is 1. The van der Waals surface area contributed by atoms with Crippen molar-refractivity contribution >= 4 is 17.3 Å². The van der Waals surface area contributed by atoms with Crippen molar-refractivity contribution in [1.82, 2.24) is 15.3 Å². The van der Waals surface area contributed by atoms with Crippen LogP contribution < -0.4 is 5.32 Å². The van der Waals surface area contributed by atoms with Crippen molar-refractivity contribution in [2.45, 2.75) is 25.4 Å². The molecule has 2 aromatic heterocycles. The van der Waals surface area contributed by atoms with Gasteiger partial charge < -0.3 is 10.1 Å². The van der Waals surface area contributed by atoms with Gasteiger partial charge in [0.1, 0.15) is 0 Å². The molecule has 20 heavy (non-hydrogen) atoms. The van der Waals surface area contributed by atoms with E-state index in [-0.39, 0.29) is 18.1 Å². The lowest BCUT2D eigenvalue weighted by Crippen LogP contribution is -2.27. The van der Waals surface area contributed by atoms with E-state index in [1.165, 1.54) is 7.11 Å². The smallest absolute Gasteiger partial charge is 0.307 e. The molecule has 0 aliphatic heterocycles. The second-order valence-electron chi connectivity index (χ2n) is 4.37. The Kier molecular flexibility index (Phi) is 5.20. The van der Waals surface area contributed by atoms with Crippen LogP contribution >= 0.6 is 11.3 Å². The first-order chi connectivity index (χ1) is 9.70. The van der Waals surface area contributed by atoms with E-state index < -0.39 is 0 Å². The van der Waals surface area contributed by atoms with Crippen molar-refractivity contribution in [3.8, 4) is 0 Å². The number of methoxy groups -OCH3 is 1. The fourth-order valence-corrected chi connectivity index (χ4v) is 2.69. The Morgan fingerprint density at radius 3 is 2.95 bits per heavy atom. The number of nitrogens with one attached hydrogen (secondary N) is 1. The number of esters is 1. The van der Waals surface area contributed by atoms with E-state index in [2.05, 4.69) is 15.3 Å². The van der Waals surface area contributed by atoms with Crippen molar-refractivity contribution in [2.24, 2.45) is 0 Å². The van der Waals surface area contributed by atoms with Gasteiger partial charge in [-0.2, -0.15) is 0 Å². The molecule has 1 N–H and O–H groups in total. The molecule has 6 heteroatoms. The van der Waals surface area contributed by atoms with Crippen LogP contribution in [0.2, 0.25) is 0 Å². The van der Waals surface area contributed by atoms with Gasteiger partial charge >= 0.3 is 5.97 Å². The summed E-state index contributed by atoms with van der Waals surface area (Å²) in [6.07, 6.45) is 5.32. The van der Waals surface area contributed by atoms with Gasteiger partial charge in [0.15, 0.2) is 0 Å². The summed E-state index contributed by atoms with van der Waals surface area (Å²) in [6, 6.07) is 3.90. The van der Waals surface area contributed by atoms with Crippen LogP contribution in [0, 0.1) is 0 Å².